The molecule has 4 aromatic rings. The zero-order chi connectivity index (χ0) is 92.7. The number of hydrogen-bond donors (Lipinski definition) is 0. The van der Waals surface area contributed by atoms with Gasteiger partial charge in [-0.1, -0.05) is 529 Å². The van der Waals surface area contributed by atoms with Crippen molar-refractivity contribution < 1.29 is 4.12 Å². The maximum Gasteiger partial charge on any atom is 0.273 e. The fraction of sp³-hybridized carbons (Fsp3) is 0.800. The molecular formula is C120H212OSi2. The van der Waals surface area contributed by atoms with Crippen LogP contribution >= 0.6 is 0 Å². The van der Waals surface area contributed by atoms with E-state index in [1.54, 1.807) is 87.5 Å². The lowest BCUT2D eigenvalue weighted by Crippen LogP contribution is -2.62. The molecule has 0 heterocycles. The summed E-state index contributed by atoms with van der Waals surface area (Å²) in [5.74, 6) is 0. The van der Waals surface area contributed by atoms with Crippen molar-refractivity contribution in [2.45, 2.75) is 622 Å². The second kappa shape index (κ2) is 51.3. The summed E-state index contributed by atoms with van der Waals surface area (Å²) in [6, 6.07) is 22.9. The van der Waals surface area contributed by atoms with E-state index in [0.29, 0.717) is 0 Å². The maximum atomic E-state index is 10.3. The summed E-state index contributed by atoms with van der Waals surface area (Å²) in [6.45, 7) is 95.0. The topological polar surface area (TPSA) is 9.23 Å². The van der Waals surface area contributed by atoms with Crippen LogP contribution in [-0.2, 0) is 69.1 Å². The minimum Gasteiger partial charge on any atom is -0.442 e. The SMILES string of the molecule is CCCCCC(C)(C)c1ccc([Si](O[Si](c2ccc(C(C)(C)CCCCC)c(C(C)(C)CCCCC)c2C(C)(C)CCCCC)c2ccc(C(C)(C)CCCCC)c(C(C)(C)CCCCC)c2C(C)(C)CCCCC)c2ccc(C(C)(C)CCCCC)c(C(C)(C)CCCCC)c2C(C)(C)CCCCC)c(C(C)(C)CCCCC)c1C(C)(C)CCCCC. The first kappa shape index (κ1) is 113. The van der Waals surface area contributed by atoms with Crippen molar-refractivity contribution in [1.82, 2.24) is 0 Å². The first-order valence-corrected chi connectivity index (χ1v) is 56.6. The molecule has 123 heavy (non-hydrogen) atoms. The van der Waals surface area contributed by atoms with Crippen LogP contribution in [0.2, 0.25) is 0 Å². The molecule has 4 rings (SSSR count). The van der Waals surface area contributed by atoms with Crippen molar-refractivity contribution in [2.24, 2.45) is 0 Å². The van der Waals surface area contributed by atoms with Gasteiger partial charge in [-0.2, -0.15) is 0 Å². The Morgan fingerprint density at radius 1 is 0.154 bits per heavy atom. The normalized spacial score (nSPS) is 13.6. The summed E-state index contributed by atoms with van der Waals surface area (Å²) in [5, 5.41) is 6.34. The molecule has 0 saturated carbocycles. The first-order chi connectivity index (χ1) is 57.6. The molecule has 3 heteroatoms. The Hall–Kier alpha value is -2.73. The standard InChI is InChI=1S/C120H212OSi2/c1-37-49-61-81-109(13,14)93-73-77-97(105(117(29,30)89-69-57-45-9)101(93)113(21,22)85-65-53-41-5)122(98-78-74-94(110(15,16)82-62-50-38-2)102(114(23,24)86-66-54-42-6)106(98)118(31,32)90-70-58-46-10)121-123(99-79-75-95(111(17,18)83-63-51-39-3)103(115(25,26)87-67-55-43-7)107(99)119(33,34)91-71-59-47-11)100-80-76-96(112(19,20)84-64-52-40-4)104(116(27,28)88-68-56-44-8)108(100)120(35,36)92-72-60-48-12/h73-80H,37-72,81-92H2,1-36H3. The summed E-state index contributed by atoms with van der Waals surface area (Å²) in [5.41, 5.74) is 18.6. The molecule has 0 saturated heterocycles. The molecule has 0 spiro atoms. The summed E-state index contributed by atoms with van der Waals surface area (Å²) in [4.78, 5) is 0. The lowest BCUT2D eigenvalue weighted by atomic mass is 9.64. The molecule has 0 aliphatic heterocycles. The van der Waals surface area contributed by atoms with E-state index < -0.39 is 18.1 Å². The van der Waals surface area contributed by atoms with Crippen LogP contribution in [0, 0.1) is 0 Å². The second-order valence-corrected chi connectivity index (χ2v) is 52.8. The first-order valence-electron chi connectivity index (χ1n) is 53.8. The van der Waals surface area contributed by atoms with Gasteiger partial charge in [0.2, 0.25) is 0 Å². The zero-order valence-corrected chi connectivity index (χ0v) is 92.0. The van der Waals surface area contributed by atoms with E-state index in [2.05, 4.69) is 298 Å². The highest BCUT2D eigenvalue weighted by molar-refractivity contribution is 6.92. The van der Waals surface area contributed by atoms with Crippen LogP contribution in [0.1, 0.15) is 624 Å². The molecule has 0 unspecified atom stereocenters. The van der Waals surface area contributed by atoms with Crippen LogP contribution in [0.4, 0.5) is 0 Å². The van der Waals surface area contributed by atoms with E-state index in [1.807, 2.05) is 0 Å². The van der Waals surface area contributed by atoms with E-state index in [0.717, 1.165) is 25.7 Å². The third-order valence-electron chi connectivity index (χ3n) is 31.2. The zero-order valence-electron chi connectivity index (χ0n) is 90.0. The van der Waals surface area contributed by atoms with Crippen molar-refractivity contribution in [3.63, 3.8) is 0 Å². The summed E-state index contributed by atoms with van der Waals surface area (Å²) in [6.07, 6.45) is 58.8. The summed E-state index contributed by atoms with van der Waals surface area (Å²) >= 11 is 0. The van der Waals surface area contributed by atoms with Gasteiger partial charge >= 0.3 is 0 Å². The molecule has 0 aliphatic carbocycles. The third-order valence-corrected chi connectivity index (χ3v) is 36.5. The Bertz CT molecular complexity index is 3180. The Labute approximate surface area is 775 Å². The quantitative estimate of drug-likeness (QED) is 0.0316. The van der Waals surface area contributed by atoms with Gasteiger partial charge < -0.3 is 4.12 Å². The summed E-state index contributed by atoms with van der Waals surface area (Å²) in [7, 11) is -4.81. The summed E-state index contributed by atoms with van der Waals surface area (Å²) < 4.78 is 10.3. The van der Waals surface area contributed by atoms with Crippen LogP contribution in [0.25, 0.3) is 0 Å². The Morgan fingerprint density at radius 2 is 0.268 bits per heavy atom. The maximum absolute atomic E-state index is 10.3. The van der Waals surface area contributed by atoms with Gasteiger partial charge in [-0.05, 0) is 230 Å². The van der Waals surface area contributed by atoms with Crippen LogP contribution < -0.4 is 20.7 Å². The largest absolute Gasteiger partial charge is 0.442 e. The lowest BCUT2D eigenvalue weighted by Gasteiger charge is -2.46. The van der Waals surface area contributed by atoms with E-state index in [-0.39, 0.29) is 65.0 Å². The number of rotatable bonds is 66. The molecule has 1 nitrogen and oxygen atoms in total. The number of benzene rings is 4. The molecule has 0 N–H and O–H groups in total. The molecule has 706 valence electrons. The van der Waals surface area contributed by atoms with Crippen LogP contribution in [0.15, 0.2) is 48.5 Å². The van der Waals surface area contributed by atoms with Gasteiger partial charge in [0.05, 0.1) is 0 Å². The fourth-order valence-electron chi connectivity index (χ4n) is 23.0. The van der Waals surface area contributed by atoms with Crippen LogP contribution in [-0.4, -0.2) is 18.1 Å². The lowest BCUT2D eigenvalue weighted by molar-refractivity contribution is 0.386. The van der Waals surface area contributed by atoms with Crippen LogP contribution in [0.3, 0.4) is 0 Å². The molecule has 2 radical (unpaired) electrons. The number of unbranched alkanes of at least 4 members (excludes halogenated alkanes) is 24. The highest BCUT2D eigenvalue weighted by Crippen LogP contribution is 2.53. The predicted octanol–water partition coefficient (Wildman–Crippen LogP) is 36.9. The van der Waals surface area contributed by atoms with Crippen molar-refractivity contribution in [3.8, 4) is 0 Å². The van der Waals surface area contributed by atoms with Gasteiger partial charge in [-0.3, -0.25) is 0 Å². The highest BCUT2D eigenvalue weighted by atomic mass is 28.4. The smallest absolute Gasteiger partial charge is 0.273 e. The van der Waals surface area contributed by atoms with Gasteiger partial charge in [-0.15, -0.1) is 0 Å². The third kappa shape index (κ3) is 31.2. The molecule has 0 fully saturated rings. The Morgan fingerprint density at radius 3 is 0.390 bits per heavy atom. The van der Waals surface area contributed by atoms with E-state index in [1.165, 1.54) is 283 Å². The van der Waals surface area contributed by atoms with Gasteiger partial charge in [0.15, 0.2) is 0 Å². The molecule has 0 bridgehead atoms. The van der Waals surface area contributed by atoms with Crippen molar-refractivity contribution in [3.05, 3.63) is 115 Å². The minimum atomic E-state index is -2.41. The average molecular weight is 1730 g/mol. The molecule has 0 atom stereocenters. The molecule has 0 amide bonds. The van der Waals surface area contributed by atoms with Gasteiger partial charge in [0, 0.05) is 0 Å². The molecule has 0 aromatic heterocycles. The van der Waals surface area contributed by atoms with E-state index >= 15 is 0 Å². The van der Waals surface area contributed by atoms with Gasteiger partial charge in [0.1, 0.15) is 0 Å². The second-order valence-electron chi connectivity index (χ2n) is 48.5. The number of hydrogen-bond acceptors (Lipinski definition) is 1. The van der Waals surface area contributed by atoms with Crippen molar-refractivity contribution >= 4 is 38.8 Å². The molecule has 0 aliphatic rings. The van der Waals surface area contributed by atoms with Crippen molar-refractivity contribution in [2.75, 3.05) is 0 Å². The molecule has 4 aromatic carbocycles. The Balaban J connectivity index is 3.08. The fourth-order valence-corrected chi connectivity index (χ4v) is 29.9. The monoisotopic (exact) mass is 1730 g/mol. The van der Waals surface area contributed by atoms with E-state index in [4.69, 9.17) is 0 Å². The van der Waals surface area contributed by atoms with Crippen molar-refractivity contribution in [1.29, 1.82) is 0 Å². The average Bonchev–Trinajstić information content (AvgIpc) is 0.711. The van der Waals surface area contributed by atoms with Gasteiger partial charge in [-0.25, -0.2) is 0 Å². The Kier molecular flexibility index (Phi) is 47.0. The van der Waals surface area contributed by atoms with E-state index in [9.17, 15) is 4.12 Å². The predicted molar refractivity (Wildman–Crippen MR) is 563 cm³/mol. The highest BCUT2D eigenvalue weighted by Gasteiger charge is 2.50. The van der Waals surface area contributed by atoms with Crippen LogP contribution in [0.5, 0.6) is 0 Å². The minimum absolute atomic E-state index is 0.0511. The molecular weight excluding hydrogens is 1510 g/mol. The van der Waals surface area contributed by atoms with Gasteiger partial charge in [0.25, 0.3) is 18.1 Å².